The number of carboxylic acids is 1. The fraction of sp³-hybridized carbons (Fsp3) is 0.917. The Morgan fingerprint density at radius 1 is 1.35 bits per heavy atom. The summed E-state index contributed by atoms with van der Waals surface area (Å²) in [5, 5.41) is 9.17. The largest absolute Gasteiger partial charge is 0.481 e. The summed E-state index contributed by atoms with van der Waals surface area (Å²) in [6, 6.07) is 0. The summed E-state index contributed by atoms with van der Waals surface area (Å²) in [6.07, 6.45) is 5.31. The van der Waals surface area contributed by atoms with Gasteiger partial charge < -0.3 is 5.11 Å². The predicted molar refractivity (Wildman–Crippen MR) is 66.6 cm³/mol. The van der Waals surface area contributed by atoms with Gasteiger partial charge in [0.15, 0.2) is 9.84 Å². The van der Waals surface area contributed by atoms with Crippen LogP contribution in [0.1, 0.15) is 45.4 Å². The molecule has 0 radical (unpaired) electrons. The highest BCUT2D eigenvalue weighted by atomic mass is 32.2. The van der Waals surface area contributed by atoms with Crippen LogP contribution in [0.3, 0.4) is 0 Å². The Kier molecular flexibility index (Phi) is 5.43. The van der Waals surface area contributed by atoms with Crippen molar-refractivity contribution >= 4 is 15.8 Å². The second kappa shape index (κ2) is 6.38. The fourth-order valence-electron chi connectivity index (χ4n) is 2.49. The lowest BCUT2D eigenvalue weighted by molar-refractivity contribution is -0.143. The first-order chi connectivity index (χ1) is 7.96. The Bertz CT molecular complexity index is 348. The molecule has 0 aromatic carbocycles. The van der Waals surface area contributed by atoms with Crippen LogP contribution in [-0.2, 0) is 14.6 Å². The van der Waals surface area contributed by atoms with Crippen LogP contribution >= 0.6 is 0 Å². The van der Waals surface area contributed by atoms with E-state index in [4.69, 9.17) is 5.11 Å². The van der Waals surface area contributed by atoms with Gasteiger partial charge >= 0.3 is 5.97 Å². The van der Waals surface area contributed by atoms with Gasteiger partial charge in [0.2, 0.25) is 0 Å². The van der Waals surface area contributed by atoms with Crippen molar-refractivity contribution in [1.82, 2.24) is 0 Å². The standard InChI is InChI=1S/C12H22O4S/c1-2-3-4-5-6-11(12(13)14)10-7-8-17(15,16)9-10/h10-11H,2-9H2,1H3,(H,13,14). The van der Waals surface area contributed by atoms with E-state index in [9.17, 15) is 13.2 Å². The second-order valence-electron chi connectivity index (χ2n) is 4.96. The Labute approximate surface area is 103 Å². The van der Waals surface area contributed by atoms with Gasteiger partial charge in [0.05, 0.1) is 17.4 Å². The molecule has 1 rings (SSSR count). The summed E-state index contributed by atoms with van der Waals surface area (Å²) >= 11 is 0. The first-order valence-electron chi connectivity index (χ1n) is 6.39. The van der Waals surface area contributed by atoms with Gasteiger partial charge in [-0.3, -0.25) is 4.79 Å². The van der Waals surface area contributed by atoms with E-state index in [1.165, 1.54) is 0 Å². The van der Waals surface area contributed by atoms with Crippen molar-refractivity contribution in [2.24, 2.45) is 11.8 Å². The van der Waals surface area contributed by atoms with Crippen LogP contribution in [0.25, 0.3) is 0 Å². The van der Waals surface area contributed by atoms with Gasteiger partial charge in [-0.15, -0.1) is 0 Å². The quantitative estimate of drug-likeness (QED) is 0.713. The van der Waals surface area contributed by atoms with Gasteiger partial charge in [-0.2, -0.15) is 0 Å². The third-order valence-corrected chi connectivity index (χ3v) is 5.32. The van der Waals surface area contributed by atoms with Gasteiger partial charge in [-0.25, -0.2) is 8.42 Å². The molecule has 2 atom stereocenters. The van der Waals surface area contributed by atoms with E-state index < -0.39 is 21.7 Å². The average Bonchev–Trinajstić information content (AvgIpc) is 2.58. The molecule has 0 saturated carbocycles. The summed E-state index contributed by atoms with van der Waals surface area (Å²) in [4.78, 5) is 11.2. The highest BCUT2D eigenvalue weighted by Crippen LogP contribution is 2.29. The van der Waals surface area contributed by atoms with E-state index in [2.05, 4.69) is 6.92 Å². The maximum Gasteiger partial charge on any atom is 0.306 e. The molecule has 0 aromatic rings. The van der Waals surface area contributed by atoms with Crippen LogP contribution in [0.2, 0.25) is 0 Å². The fourth-order valence-corrected chi connectivity index (χ4v) is 4.37. The number of aliphatic carboxylic acids is 1. The van der Waals surface area contributed by atoms with Crippen molar-refractivity contribution in [2.45, 2.75) is 45.4 Å². The maximum atomic E-state index is 11.4. The lowest BCUT2D eigenvalue weighted by atomic mass is 9.87. The molecule has 0 aromatic heterocycles. The molecule has 17 heavy (non-hydrogen) atoms. The number of carbonyl (C=O) groups is 1. The summed E-state index contributed by atoms with van der Waals surface area (Å²) in [7, 11) is -2.97. The van der Waals surface area contributed by atoms with Crippen molar-refractivity contribution in [3.05, 3.63) is 0 Å². The monoisotopic (exact) mass is 262 g/mol. The third-order valence-electron chi connectivity index (χ3n) is 3.52. The number of sulfone groups is 1. The molecule has 5 heteroatoms. The van der Waals surface area contributed by atoms with E-state index in [0.29, 0.717) is 12.8 Å². The maximum absolute atomic E-state index is 11.4. The van der Waals surface area contributed by atoms with Crippen molar-refractivity contribution in [2.75, 3.05) is 11.5 Å². The molecule has 2 unspecified atom stereocenters. The highest BCUT2D eigenvalue weighted by molar-refractivity contribution is 7.91. The first-order valence-corrected chi connectivity index (χ1v) is 8.21. The topological polar surface area (TPSA) is 71.4 Å². The van der Waals surface area contributed by atoms with Crippen LogP contribution in [0.4, 0.5) is 0 Å². The van der Waals surface area contributed by atoms with E-state index in [1.54, 1.807) is 0 Å². The van der Waals surface area contributed by atoms with E-state index in [0.717, 1.165) is 25.7 Å². The SMILES string of the molecule is CCCCCCC(C(=O)O)C1CCS(=O)(=O)C1. The summed E-state index contributed by atoms with van der Waals surface area (Å²) < 4.78 is 22.7. The van der Waals surface area contributed by atoms with Crippen LogP contribution in [0, 0.1) is 11.8 Å². The molecule has 1 aliphatic heterocycles. The van der Waals surface area contributed by atoms with Crippen molar-refractivity contribution < 1.29 is 18.3 Å². The first kappa shape index (κ1) is 14.5. The predicted octanol–water partition coefficient (Wildman–Crippen LogP) is 2.09. The van der Waals surface area contributed by atoms with Gasteiger partial charge in [0.25, 0.3) is 0 Å². The minimum Gasteiger partial charge on any atom is -0.481 e. The van der Waals surface area contributed by atoms with Crippen LogP contribution < -0.4 is 0 Å². The third kappa shape index (κ3) is 4.66. The molecule has 0 aliphatic carbocycles. The van der Waals surface area contributed by atoms with E-state index >= 15 is 0 Å². The van der Waals surface area contributed by atoms with Crippen molar-refractivity contribution in [1.29, 1.82) is 0 Å². The molecule has 0 amide bonds. The average molecular weight is 262 g/mol. The lowest BCUT2D eigenvalue weighted by Gasteiger charge is -2.17. The molecule has 1 saturated heterocycles. The molecule has 4 nitrogen and oxygen atoms in total. The van der Waals surface area contributed by atoms with Crippen molar-refractivity contribution in [3.63, 3.8) is 0 Å². The Balaban J connectivity index is 2.47. The Hall–Kier alpha value is -0.580. The zero-order valence-electron chi connectivity index (χ0n) is 10.4. The zero-order valence-corrected chi connectivity index (χ0v) is 11.2. The highest BCUT2D eigenvalue weighted by Gasteiger charge is 2.36. The minimum absolute atomic E-state index is 0.0672. The van der Waals surface area contributed by atoms with E-state index in [-0.39, 0.29) is 17.4 Å². The van der Waals surface area contributed by atoms with Gasteiger partial charge in [0, 0.05) is 0 Å². The Morgan fingerprint density at radius 2 is 2.06 bits per heavy atom. The number of rotatable bonds is 7. The summed E-state index contributed by atoms with van der Waals surface area (Å²) in [5.74, 6) is -1.24. The molecule has 0 spiro atoms. The van der Waals surface area contributed by atoms with E-state index in [1.807, 2.05) is 0 Å². The molecule has 1 fully saturated rings. The van der Waals surface area contributed by atoms with Crippen molar-refractivity contribution in [3.8, 4) is 0 Å². The van der Waals surface area contributed by atoms with Crippen LogP contribution in [-0.4, -0.2) is 31.0 Å². The molecule has 100 valence electrons. The normalized spacial score (nSPS) is 24.6. The minimum atomic E-state index is -2.97. The Morgan fingerprint density at radius 3 is 2.53 bits per heavy atom. The van der Waals surface area contributed by atoms with Gasteiger partial charge in [-0.05, 0) is 18.8 Å². The molecular weight excluding hydrogens is 240 g/mol. The molecule has 0 bridgehead atoms. The number of carboxylic acid groups (broad SMARTS) is 1. The number of unbranched alkanes of at least 4 members (excludes halogenated alkanes) is 3. The van der Waals surface area contributed by atoms with Gasteiger partial charge in [0.1, 0.15) is 0 Å². The molecule has 1 N–H and O–H groups in total. The van der Waals surface area contributed by atoms with Crippen LogP contribution in [0.5, 0.6) is 0 Å². The molecular formula is C12H22O4S. The number of hydrogen-bond donors (Lipinski definition) is 1. The summed E-state index contributed by atoms with van der Waals surface area (Å²) in [5.41, 5.74) is 0. The summed E-state index contributed by atoms with van der Waals surface area (Å²) in [6.45, 7) is 2.11. The smallest absolute Gasteiger partial charge is 0.306 e. The second-order valence-corrected chi connectivity index (χ2v) is 7.19. The van der Waals surface area contributed by atoms with Crippen LogP contribution in [0.15, 0.2) is 0 Å². The number of hydrogen-bond acceptors (Lipinski definition) is 3. The molecule has 1 aliphatic rings. The van der Waals surface area contributed by atoms with Gasteiger partial charge in [-0.1, -0.05) is 32.6 Å². The lowest BCUT2D eigenvalue weighted by Crippen LogP contribution is -2.24. The molecule has 1 heterocycles. The zero-order chi connectivity index (χ0) is 12.9.